The van der Waals surface area contributed by atoms with Crippen LogP contribution in [0.5, 0.6) is 0 Å². The topological polar surface area (TPSA) is 58.6 Å². The minimum absolute atomic E-state index is 0.00344. The van der Waals surface area contributed by atoms with Crippen molar-refractivity contribution in [2.45, 2.75) is 58.1 Å². The van der Waals surface area contributed by atoms with E-state index in [0.717, 1.165) is 6.42 Å². The molecule has 5 heteroatoms. The largest absolute Gasteiger partial charge is 0.444 e. The number of carbonyl (C=O) groups excluding carboxylic acids is 2. The van der Waals surface area contributed by atoms with Gasteiger partial charge in [-0.1, -0.05) is 0 Å². The zero-order valence-corrected chi connectivity index (χ0v) is 12.6. The van der Waals surface area contributed by atoms with Gasteiger partial charge >= 0.3 is 6.09 Å². The third-order valence-corrected chi connectivity index (χ3v) is 2.93. The first-order valence-corrected chi connectivity index (χ1v) is 7.02. The highest BCUT2D eigenvalue weighted by Crippen LogP contribution is 2.15. The maximum Gasteiger partial charge on any atom is 0.410 e. The molecule has 1 unspecified atom stereocenters. The normalized spacial score (nSPS) is 18.5. The van der Waals surface area contributed by atoms with Gasteiger partial charge in [0.25, 0.3) is 0 Å². The second-order valence-corrected chi connectivity index (χ2v) is 6.04. The van der Waals surface area contributed by atoms with Gasteiger partial charge in [0.1, 0.15) is 5.60 Å². The number of nitrogens with zero attached hydrogens (tertiary/aromatic N) is 1. The van der Waals surface area contributed by atoms with Gasteiger partial charge < -0.3 is 15.0 Å². The fraction of sp³-hybridized carbons (Fsp3) is 0.733. The van der Waals surface area contributed by atoms with Gasteiger partial charge in [0.05, 0.1) is 0 Å². The molecule has 1 aliphatic heterocycles. The quantitative estimate of drug-likeness (QED) is 0.632. The number of unbranched alkanes of at least 4 members (excludes halogenated alkanes) is 1. The van der Waals surface area contributed by atoms with E-state index in [1.54, 1.807) is 4.90 Å². The summed E-state index contributed by atoms with van der Waals surface area (Å²) in [6.45, 7) is 6.64. The predicted molar refractivity (Wildman–Crippen MR) is 77.0 cm³/mol. The van der Waals surface area contributed by atoms with Crippen molar-refractivity contribution in [1.29, 1.82) is 0 Å². The molecule has 1 aliphatic rings. The summed E-state index contributed by atoms with van der Waals surface area (Å²) in [4.78, 5) is 25.2. The van der Waals surface area contributed by atoms with Gasteiger partial charge in [0.2, 0.25) is 5.91 Å². The lowest BCUT2D eigenvalue weighted by atomic mass is 10.2. The van der Waals surface area contributed by atoms with Crippen LogP contribution in [0.15, 0.2) is 0 Å². The molecule has 0 aliphatic carbocycles. The van der Waals surface area contributed by atoms with E-state index in [1.807, 2.05) is 20.8 Å². The Kier molecular flexibility index (Phi) is 5.87. The van der Waals surface area contributed by atoms with Crippen molar-refractivity contribution < 1.29 is 14.3 Å². The number of terminal acetylenes is 1. The molecular formula is C15H24N2O3. The molecule has 0 spiro atoms. The molecule has 1 N–H and O–H groups in total. The molecule has 0 aromatic carbocycles. The lowest BCUT2D eigenvalue weighted by Gasteiger charge is -2.24. The van der Waals surface area contributed by atoms with Gasteiger partial charge in [0.15, 0.2) is 0 Å². The van der Waals surface area contributed by atoms with Gasteiger partial charge in [-0.25, -0.2) is 4.79 Å². The first kappa shape index (κ1) is 16.4. The highest BCUT2D eigenvalue weighted by atomic mass is 16.6. The van der Waals surface area contributed by atoms with E-state index in [1.165, 1.54) is 0 Å². The molecule has 112 valence electrons. The van der Waals surface area contributed by atoms with Crippen molar-refractivity contribution in [2.75, 3.05) is 13.1 Å². The molecule has 0 saturated carbocycles. The van der Waals surface area contributed by atoms with Gasteiger partial charge in [-0.3, -0.25) is 4.79 Å². The molecule has 0 bridgehead atoms. The average molecular weight is 280 g/mol. The Labute approximate surface area is 121 Å². The Morgan fingerprint density at radius 3 is 2.75 bits per heavy atom. The predicted octanol–water partition coefficient (Wildman–Crippen LogP) is 1.92. The summed E-state index contributed by atoms with van der Waals surface area (Å²) in [7, 11) is 0. The van der Waals surface area contributed by atoms with Crippen molar-refractivity contribution in [1.82, 2.24) is 10.2 Å². The van der Waals surface area contributed by atoms with E-state index in [9.17, 15) is 9.59 Å². The fourth-order valence-electron chi connectivity index (χ4n) is 2.02. The summed E-state index contributed by atoms with van der Waals surface area (Å²) >= 11 is 0. The van der Waals surface area contributed by atoms with Crippen molar-refractivity contribution >= 4 is 12.0 Å². The molecule has 1 rings (SSSR count). The highest BCUT2D eigenvalue weighted by molar-refractivity contribution is 5.76. The number of rotatable bonds is 4. The third-order valence-electron chi connectivity index (χ3n) is 2.93. The van der Waals surface area contributed by atoms with Crippen LogP contribution in [-0.4, -0.2) is 41.6 Å². The Bertz CT molecular complexity index is 393. The summed E-state index contributed by atoms with van der Waals surface area (Å²) in [6.07, 6.45) is 7.34. The first-order valence-electron chi connectivity index (χ1n) is 7.02. The Morgan fingerprint density at radius 1 is 1.45 bits per heavy atom. The minimum atomic E-state index is -0.492. The van der Waals surface area contributed by atoms with Crippen LogP contribution in [0.2, 0.25) is 0 Å². The van der Waals surface area contributed by atoms with Crippen LogP contribution in [-0.2, 0) is 9.53 Å². The average Bonchev–Trinajstić information content (AvgIpc) is 2.75. The van der Waals surface area contributed by atoms with E-state index in [4.69, 9.17) is 11.2 Å². The van der Waals surface area contributed by atoms with Gasteiger partial charge in [-0.2, -0.15) is 0 Å². The molecule has 1 atom stereocenters. The standard InChI is InChI=1S/C15H24N2O3/c1-5-6-7-8-13(18)16-12-9-10-17(11-12)14(19)20-15(2,3)4/h1,12H,6-11H2,2-4H3,(H,16,18). The molecule has 1 saturated heterocycles. The van der Waals surface area contributed by atoms with Gasteiger partial charge in [-0.15, -0.1) is 12.3 Å². The lowest BCUT2D eigenvalue weighted by molar-refractivity contribution is -0.121. The van der Waals surface area contributed by atoms with Crippen LogP contribution in [0.4, 0.5) is 4.79 Å². The second kappa shape index (κ2) is 7.18. The third kappa shape index (κ3) is 5.96. The molecule has 0 aromatic heterocycles. The zero-order valence-electron chi connectivity index (χ0n) is 12.6. The SMILES string of the molecule is C#CCCCC(=O)NC1CCN(C(=O)OC(C)(C)C)C1. The summed E-state index contributed by atoms with van der Waals surface area (Å²) in [5, 5.41) is 2.93. The highest BCUT2D eigenvalue weighted by Gasteiger charge is 2.30. The Hall–Kier alpha value is -1.70. The number of nitrogens with one attached hydrogen (secondary N) is 1. The maximum absolute atomic E-state index is 11.9. The maximum atomic E-state index is 11.9. The summed E-state index contributed by atoms with van der Waals surface area (Å²) < 4.78 is 5.31. The van der Waals surface area contributed by atoms with E-state index in [2.05, 4.69) is 11.2 Å². The van der Waals surface area contributed by atoms with E-state index in [-0.39, 0.29) is 18.0 Å². The summed E-state index contributed by atoms with van der Waals surface area (Å²) in [5.74, 6) is 2.51. The van der Waals surface area contributed by atoms with Crippen LogP contribution in [0.1, 0.15) is 46.5 Å². The molecule has 5 nitrogen and oxygen atoms in total. The zero-order chi connectivity index (χ0) is 15.2. The van der Waals surface area contributed by atoms with Crippen LogP contribution in [0, 0.1) is 12.3 Å². The number of amides is 2. The molecule has 0 aromatic rings. The van der Waals surface area contributed by atoms with Crippen molar-refractivity contribution in [3.05, 3.63) is 0 Å². The molecular weight excluding hydrogens is 256 g/mol. The summed E-state index contributed by atoms with van der Waals surface area (Å²) in [5.41, 5.74) is -0.492. The molecule has 20 heavy (non-hydrogen) atoms. The van der Waals surface area contributed by atoms with Gasteiger partial charge in [-0.05, 0) is 33.6 Å². The van der Waals surface area contributed by atoms with Gasteiger partial charge in [0, 0.05) is 32.0 Å². The van der Waals surface area contributed by atoms with Crippen LogP contribution in [0.3, 0.4) is 0 Å². The Morgan fingerprint density at radius 2 is 2.15 bits per heavy atom. The van der Waals surface area contributed by atoms with Crippen LogP contribution < -0.4 is 5.32 Å². The number of likely N-dealkylation sites (tertiary alicyclic amines) is 1. The first-order chi connectivity index (χ1) is 9.31. The lowest BCUT2D eigenvalue weighted by Crippen LogP contribution is -2.40. The smallest absolute Gasteiger partial charge is 0.410 e. The van der Waals surface area contributed by atoms with Crippen molar-refractivity contribution in [3.63, 3.8) is 0 Å². The molecule has 0 radical (unpaired) electrons. The second-order valence-electron chi connectivity index (χ2n) is 6.04. The number of carbonyl (C=O) groups is 2. The van der Waals surface area contributed by atoms with E-state index >= 15 is 0 Å². The summed E-state index contributed by atoms with van der Waals surface area (Å²) in [6, 6.07) is 0.0147. The van der Waals surface area contributed by atoms with E-state index < -0.39 is 5.60 Å². The monoisotopic (exact) mass is 280 g/mol. The molecule has 2 amide bonds. The van der Waals surface area contributed by atoms with E-state index in [0.29, 0.717) is 32.4 Å². The van der Waals surface area contributed by atoms with Crippen molar-refractivity contribution in [3.8, 4) is 12.3 Å². The molecule has 1 heterocycles. The van der Waals surface area contributed by atoms with Crippen LogP contribution in [0.25, 0.3) is 0 Å². The Balaban J connectivity index is 2.31. The fourth-order valence-corrected chi connectivity index (χ4v) is 2.02. The van der Waals surface area contributed by atoms with Crippen molar-refractivity contribution in [2.24, 2.45) is 0 Å². The number of hydrogen-bond donors (Lipinski definition) is 1. The minimum Gasteiger partial charge on any atom is -0.444 e. The number of ether oxygens (including phenoxy) is 1. The number of hydrogen-bond acceptors (Lipinski definition) is 3. The molecule has 1 fully saturated rings. The van der Waals surface area contributed by atoms with Crippen LogP contribution >= 0.6 is 0 Å².